The van der Waals surface area contributed by atoms with E-state index in [9.17, 15) is 4.79 Å². The van der Waals surface area contributed by atoms with E-state index in [-0.39, 0.29) is 12.1 Å². The van der Waals surface area contributed by atoms with Crippen molar-refractivity contribution in [3.63, 3.8) is 0 Å². The molecule has 1 aromatic heterocycles. The monoisotopic (exact) mass is 286 g/mol. The van der Waals surface area contributed by atoms with E-state index < -0.39 is 0 Å². The number of hydrogen-bond acceptors (Lipinski definition) is 2. The lowest BCUT2D eigenvalue weighted by molar-refractivity contribution is 0.0939. The highest BCUT2D eigenvalue weighted by Crippen LogP contribution is 2.37. The van der Waals surface area contributed by atoms with Crippen molar-refractivity contribution < 1.29 is 9.53 Å². The van der Waals surface area contributed by atoms with E-state index in [1.54, 1.807) is 0 Å². The lowest BCUT2D eigenvalue weighted by Gasteiger charge is -2.35. The maximum absolute atomic E-state index is 12.1. The Bertz CT molecular complexity index is 660. The van der Waals surface area contributed by atoms with Crippen molar-refractivity contribution in [1.29, 1.82) is 0 Å². The molecule has 1 amide bonds. The van der Waals surface area contributed by atoms with E-state index >= 15 is 0 Å². The molecule has 0 saturated heterocycles. The highest BCUT2D eigenvalue weighted by Gasteiger charge is 2.34. The Hall–Kier alpha value is -1.97. The Kier molecular flexibility index (Phi) is 3.62. The number of nitrogens with zero attached hydrogens (tertiary/aromatic N) is 1. The summed E-state index contributed by atoms with van der Waals surface area (Å²) in [6.45, 7) is 5.09. The van der Waals surface area contributed by atoms with Crippen molar-refractivity contribution in [2.45, 2.75) is 32.7 Å². The van der Waals surface area contributed by atoms with Gasteiger partial charge in [-0.15, -0.1) is 0 Å². The summed E-state index contributed by atoms with van der Waals surface area (Å²) < 4.78 is 4.96. The lowest BCUT2D eigenvalue weighted by Crippen LogP contribution is -2.40. The van der Waals surface area contributed by atoms with Crippen molar-refractivity contribution in [1.82, 2.24) is 9.88 Å². The molecule has 4 heteroatoms. The van der Waals surface area contributed by atoms with Crippen LogP contribution in [-0.2, 0) is 11.2 Å². The number of nitrogens with one attached hydrogen (secondary N) is 1. The number of fused-ring (bicyclic) bond motifs is 3. The molecule has 112 valence electrons. The van der Waals surface area contributed by atoms with Crippen molar-refractivity contribution in [3.8, 4) is 0 Å². The van der Waals surface area contributed by atoms with Gasteiger partial charge >= 0.3 is 6.09 Å². The SMILES string of the molecule is COC(=O)N1CCc2c([nH]c3ccccc23)C1CC(C)C. The molecular weight excluding hydrogens is 264 g/mol. The molecular formula is C17H22N2O2. The van der Waals surface area contributed by atoms with Gasteiger partial charge in [0.05, 0.1) is 13.2 Å². The van der Waals surface area contributed by atoms with Crippen molar-refractivity contribution in [2.24, 2.45) is 5.92 Å². The number of para-hydroxylation sites is 1. The molecule has 1 aromatic carbocycles. The maximum atomic E-state index is 12.1. The number of hydrogen-bond donors (Lipinski definition) is 1. The van der Waals surface area contributed by atoms with Gasteiger partial charge in [-0.2, -0.15) is 0 Å². The fourth-order valence-corrected chi connectivity index (χ4v) is 3.35. The fourth-order valence-electron chi connectivity index (χ4n) is 3.35. The Balaban J connectivity index is 2.08. The van der Waals surface area contributed by atoms with E-state index in [0.717, 1.165) is 24.9 Å². The average molecular weight is 286 g/mol. The van der Waals surface area contributed by atoms with Crippen LogP contribution in [0, 0.1) is 5.92 Å². The molecule has 1 atom stereocenters. The van der Waals surface area contributed by atoms with Gasteiger partial charge in [0, 0.05) is 23.1 Å². The molecule has 0 saturated carbocycles. The first-order chi connectivity index (χ1) is 10.1. The molecule has 2 heterocycles. The Morgan fingerprint density at radius 2 is 2.19 bits per heavy atom. The van der Waals surface area contributed by atoms with Gasteiger partial charge in [-0.05, 0) is 30.4 Å². The lowest BCUT2D eigenvalue weighted by atomic mass is 9.92. The first-order valence-electron chi connectivity index (χ1n) is 7.56. The molecule has 3 rings (SSSR count). The molecule has 0 bridgehead atoms. The van der Waals surface area contributed by atoms with Gasteiger partial charge in [-0.25, -0.2) is 4.79 Å². The van der Waals surface area contributed by atoms with Crippen LogP contribution in [0.1, 0.15) is 37.6 Å². The summed E-state index contributed by atoms with van der Waals surface area (Å²) >= 11 is 0. The minimum Gasteiger partial charge on any atom is -0.453 e. The molecule has 1 unspecified atom stereocenters. The molecule has 0 radical (unpaired) electrons. The van der Waals surface area contributed by atoms with Crippen LogP contribution in [-0.4, -0.2) is 29.6 Å². The van der Waals surface area contributed by atoms with Crippen LogP contribution in [0.3, 0.4) is 0 Å². The zero-order chi connectivity index (χ0) is 15.0. The third kappa shape index (κ3) is 2.39. The van der Waals surface area contributed by atoms with Crippen molar-refractivity contribution >= 4 is 17.0 Å². The summed E-state index contributed by atoms with van der Waals surface area (Å²) in [5.74, 6) is 0.513. The Morgan fingerprint density at radius 3 is 2.90 bits per heavy atom. The van der Waals surface area contributed by atoms with Gasteiger partial charge in [0.15, 0.2) is 0 Å². The minimum absolute atomic E-state index is 0.0774. The van der Waals surface area contributed by atoms with E-state index in [2.05, 4.69) is 37.0 Å². The van der Waals surface area contributed by atoms with Crippen LogP contribution in [0.5, 0.6) is 0 Å². The smallest absolute Gasteiger partial charge is 0.410 e. The molecule has 21 heavy (non-hydrogen) atoms. The normalized spacial score (nSPS) is 18.1. The number of benzene rings is 1. The van der Waals surface area contributed by atoms with Crippen LogP contribution in [0.4, 0.5) is 4.79 Å². The second-order valence-corrected chi connectivity index (χ2v) is 6.12. The van der Waals surface area contributed by atoms with Crippen LogP contribution >= 0.6 is 0 Å². The van der Waals surface area contributed by atoms with E-state index in [1.165, 1.54) is 23.8 Å². The van der Waals surface area contributed by atoms with Gasteiger partial charge in [0.2, 0.25) is 0 Å². The molecule has 0 spiro atoms. The van der Waals surface area contributed by atoms with Crippen LogP contribution in [0.15, 0.2) is 24.3 Å². The first kappa shape index (κ1) is 14.0. The van der Waals surface area contributed by atoms with Crippen molar-refractivity contribution in [3.05, 3.63) is 35.5 Å². The summed E-state index contributed by atoms with van der Waals surface area (Å²) in [6, 6.07) is 8.45. The Morgan fingerprint density at radius 1 is 1.43 bits per heavy atom. The molecule has 0 fully saturated rings. The summed E-state index contributed by atoms with van der Waals surface area (Å²) in [5, 5.41) is 1.28. The van der Waals surface area contributed by atoms with Gasteiger partial charge < -0.3 is 9.72 Å². The van der Waals surface area contributed by atoms with Gasteiger partial charge in [0.25, 0.3) is 0 Å². The number of aromatic amines is 1. The third-order valence-electron chi connectivity index (χ3n) is 4.26. The number of carbonyl (C=O) groups excluding carboxylic acids is 1. The molecule has 4 nitrogen and oxygen atoms in total. The fraction of sp³-hybridized carbons (Fsp3) is 0.471. The number of H-pyrrole nitrogens is 1. The summed E-state index contributed by atoms with van der Waals surface area (Å²) in [5.41, 5.74) is 3.70. The third-order valence-corrected chi connectivity index (χ3v) is 4.26. The van der Waals surface area contributed by atoms with Gasteiger partial charge in [-0.3, -0.25) is 4.90 Å². The predicted molar refractivity (Wildman–Crippen MR) is 83.3 cm³/mol. The van der Waals surface area contributed by atoms with Crippen LogP contribution in [0.2, 0.25) is 0 Å². The van der Waals surface area contributed by atoms with E-state index in [1.807, 2.05) is 11.0 Å². The highest BCUT2D eigenvalue weighted by atomic mass is 16.5. The number of rotatable bonds is 2. The summed E-state index contributed by atoms with van der Waals surface area (Å²) in [7, 11) is 1.45. The van der Waals surface area contributed by atoms with E-state index in [0.29, 0.717) is 5.92 Å². The molecule has 1 N–H and O–H groups in total. The summed E-state index contributed by atoms with van der Waals surface area (Å²) in [6.07, 6.45) is 1.59. The second kappa shape index (κ2) is 5.43. The minimum atomic E-state index is -0.232. The average Bonchev–Trinajstić information content (AvgIpc) is 2.85. The van der Waals surface area contributed by atoms with Crippen LogP contribution in [0.25, 0.3) is 10.9 Å². The zero-order valence-corrected chi connectivity index (χ0v) is 12.8. The Labute approximate surface area is 125 Å². The van der Waals surface area contributed by atoms with Crippen LogP contribution < -0.4 is 0 Å². The number of methoxy groups -OCH3 is 1. The molecule has 2 aromatic rings. The number of ether oxygens (including phenoxy) is 1. The zero-order valence-electron chi connectivity index (χ0n) is 12.8. The van der Waals surface area contributed by atoms with E-state index in [4.69, 9.17) is 4.74 Å². The van der Waals surface area contributed by atoms with Crippen molar-refractivity contribution in [2.75, 3.05) is 13.7 Å². The first-order valence-corrected chi connectivity index (χ1v) is 7.56. The molecule has 0 aliphatic carbocycles. The van der Waals surface area contributed by atoms with Gasteiger partial charge in [-0.1, -0.05) is 32.0 Å². The summed E-state index contributed by atoms with van der Waals surface area (Å²) in [4.78, 5) is 17.5. The maximum Gasteiger partial charge on any atom is 0.410 e. The number of amides is 1. The molecule has 1 aliphatic heterocycles. The topological polar surface area (TPSA) is 45.3 Å². The standard InChI is InChI=1S/C17H22N2O2/c1-11(2)10-15-16-13(8-9-19(15)17(20)21-3)12-6-4-5-7-14(12)18-16/h4-7,11,15,18H,8-10H2,1-3H3. The predicted octanol–water partition coefficient (Wildman–Crippen LogP) is 3.88. The second-order valence-electron chi connectivity index (χ2n) is 6.12. The van der Waals surface area contributed by atoms with Gasteiger partial charge in [0.1, 0.15) is 0 Å². The number of carbonyl (C=O) groups is 1. The molecule has 1 aliphatic rings. The number of aromatic nitrogens is 1. The largest absolute Gasteiger partial charge is 0.453 e. The highest BCUT2D eigenvalue weighted by molar-refractivity contribution is 5.85. The quantitative estimate of drug-likeness (QED) is 0.910.